The molecule has 78 valence electrons. The molecule has 0 spiro atoms. The van der Waals surface area contributed by atoms with Gasteiger partial charge in [0.1, 0.15) is 6.61 Å². The summed E-state index contributed by atoms with van der Waals surface area (Å²) < 4.78 is 9.90. The van der Waals surface area contributed by atoms with Gasteiger partial charge in [0.2, 0.25) is 0 Å². The number of rotatable bonds is 7. The van der Waals surface area contributed by atoms with Crippen molar-refractivity contribution in [2.75, 3.05) is 40.0 Å². The number of ether oxygens (including phenoxy) is 2. The number of hydrogen-bond donors (Lipinski definition) is 2. The molecule has 0 rings (SSSR count). The van der Waals surface area contributed by atoms with Crippen LogP contribution in [0.2, 0.25) is 0 Å². The first-order chi connectivity index (χ1) is 6.31. The van der Waals surface area contributed by atoms with E-state index in [4.69, 9.17) is 9.47 Å². The van der Waals surface area contributed by atoms with Crippen molar-refractivity contribution in [3.8, 4) is 0 Å². The molecule has 0 atom stereocenters. The van der Waals surface area contributed by atoms with E-state index in [1.807, 2.05) is 14.0 Å². The average molecular weight is 190 g/mol. The quantitative estimate of drug-likeness (QED) is 0.553. The summed E-state index contributed by atoms with van der Waals surface area (Å²) in [5.74, 6) is 0. The number of hydrogen-bond acceptors (Lipinski definition) is 4. The maximum atomic E-state index is 10.7. The summed E-state index contributed by atoms with van der Waals surface area (Å²) in [7, 11) is 1.86. The minimum absolute atomic E-state index is 0.301. The Kier molecular flexibility index (Phi) is 8.70. The van der Waals surface area contributed by atoms with Crippen LogP contribution in [0.5, 0.6) is 0 Å². The maximum Gasteiger partial charge on any atom is 0.407 e. The van der Waals surface area contributed by atoms with Gasteiger partial charge in [-0.05, 0) is 14.0 Å². The fourth-order valence-electron chi connectivity index (χ4n) is 0.665. The van der Waals surface area contributed by atoms with Crippen LogP contribution >= 0.6 is 0 Å². The van der Waals surface area contributed by atoms with E-state index in [-0.39, 0.29) is 6.09 Å². The SMILES string of the molecule is CCNC(=O)OCCOCCNC. The van der Waals surface area contributed by atoms with Gasteiger partial charge >= 0.3 is 6.09 Å². The highest BCUT2D eigenvalue weighted by molar-refractivity contribution is 5.66. The summed E-state index contributed by atoms with van der Waals surface area (Å²) in [5, 5.41) is 5.46. The van der Waals surface area contributed by atoms with Gasteiger partial charge in [0.25, 0.3) is 0 Å². The van der Waals surface area contributed by atoms with E-state index in [1.54, 1.807) is 0 Å². The highest BCUT2D eigenvalue weighted by Gasteiger charge is 1.97. The molecule has 0 saturated heterocycles. The van der Waals surface area contributed by atoms with Gasteiger partial charge in [0.15, 0.2) is 0 Å². The summed E-state index contributed by atoms with van der Waals surface area (Å²) in [6.45, 7) is 4.61. The van der Waals surface area contributed by atoms with Crippen LogP contribution in [0.3, 0.4) is 0 Å². The second kappa shape index (κ2) is 9.28. The van der Waals surface area contributed by atoms with Gasteiger partial charge in [-0.3, -0.25) is 0 Å². The molecule has 13 heavy (non-hydrogen) atoms. The molecule has 0 aromatic carbocycles. The molecule has 0 saturated carbocycles. The lowest BCUT2D eigenvalue weighted by Gasteiger charge is -2.05. The summed E-state index contributed by atoms with van der Waals surface area (Å²) in [6.07, 6.45) is -0.389. The van der Waals surface area contributed by atoms with Gasteiger partial charge in [-0.25, -0.2) is 4.79 Å². The minimum Gasteiger partial charge on any atom is -0.447 e. The molecule has 1 amide bonds. The smallest absolute Gasteiger partial charge is 0.407 e. The Morgan fingerprint density at radius 1 is 1.31 bits per heavy atom. The number of likely N-dealkylation sites (N-methyl/N-ethyl adjacent to an activating group) is 1. The predicted octanol–water partition coefficient (Wildman–Crippen LogP) is -0.0315. The van der Waals surface area contributed by atoms with Crippen molar-refractivity contribution < 1.29 is 14.3 Å². The highest BCUT2D eigenvalue weighted by atomic mass is 16.6. The number of alkyl carbamates (subject to hydrolysis) is 1. The molecule has 0 fully saturated rings. The average Bonchev–Trinajstić information content (AvgIpc) is 2.11. The third-order valence-electron chi connectivity index (χ3n) is 1.28. The zero-order valence-corrected chi connectivity index (χ0v) is 8.26. The Morgan fingerprint density at radius 3 is 2.69 bits per heavy atom. The molecule has 0 radical (unpaired) electrons. The zero-order chi connectivity index (χ0) is 9.94. The van der Waals surface area contributed by atoms with Crippen LogP contribution in [0.4, 0.5) is 4.79 Å². The van der Waals surface area contributed by atoms with Crippen molar-refractivity contribution in [3.63, 3.8) is 0 Å². The van der Waals surface area contributed by atoms with Crippen LogP contribution in [-0.4, -0.2) is 46.1 Å². The van der Waals surface area contributed by atoms with Crippen LogP contribution in [0.1, 0.15) is 6.92 Å². The molecule has 0 unspecified atom stereocenters. The Morgan fingerprint density at radius 2 is 2.08 bits per heavy atom. The maximum absolute atomic E-state index is 10.7. The summed E-state index contributed by atoms with van der Waals surface area (Å²) in [5.41, 5.74) is 0. The topological polar surface area (TPSA) is 59.6 Å². The largest absolute Gasteiger partial charge is 0.447 e. The van der Waals surface area contributed by atoms with E-state index in [9.17, 15) is 4.79 Å². The lowest BCUT2D eigenvalue weighted by atomic mass is 10.7. The van der Waals surface area contributed by atoms with Crippen LogP contribution in [0, 0.1) is 0 Å². The van der Waals surface area contributed by atoms with Crippen molar-refractivity contribution in [2.24, 2.45) is 0 Å². The van der Waals surface area contributed by atoms with E-state index in [0.717, 1.165) is 6.54 Å². The van der Waals surface area contributed by atoms with E-state index < -0.39 is 0 Å². The molecule has 2 N–H and O–H groups in total. The van der Waals surface area contributed by atoms with Gasteiger partial charge in [0, 0.05) is 13.1 Å². The van der Waals surface area contributed by atoms with Gasteiger partial charge in [-0.1, -0.05) is 0 Å². The monoisotopic (exact) mass is 190 g/mol. The van der Waals surface area contributed by atoms with Gasteiger partial charge in [0.05, 0.1) is 13.2 Å². The normalized spacial score (nSPS) is 9.69. The van der Waals surface area contributed by atoms with Crippen molar-refractivity contribution >= 4 is 6.09 Å². The molecule has 0 aliphatic carbocycles. The number of nitrogens with one attached hydrogen (secondary N) is 2. The lowest BCUT2D eigenvalue weighted by molar-refractivity contribution is 0.0747. The predicted molar refractivity (Wildman–Crippen MR) is 49.8 cm³/mol. The lowest BCUT2D eigenvalue weighted by Crippen LogP contribution is -2.25. The highest BCUT2D eigenvalue weighted by Crippen LogP contribution is 1.79. The van der Waals surface area contributed by atoms with Crippen molar-refractivity contribution in [2.45, 2.75) is 6.92 Å². The molecule has 0 aromatic rings. The second-order valence-electron chi connectivity index (χ2n) is 2.38. The van der Waals surface area contributed by atoms with Crippen LogP contribution < -0.4 is 10.6 Å². The van der Waals surface area contributed by atoms with E-state index in [0.29, 0.717) is 26.4 Å². The van der Waals surface area contributed by atoms with Crippen LogP contribution in [0.25, 0.3) is 0 Å². The third kappa shape index (κ3) is 9.10. The number of amides is 1. The molecular weight excluding hydrogens is 172 g/mol. The summed E-state index contributed by atoms with van der Waals surface area (Å²) >= 11 is 0. The Hall–Kier alpha value is -0.810. The zero-order valence-electron chi connectivity index (χ0n) is 8.26. The molecular formula is C8H18N2O3. The Balaban J connectivity index is 3.02. The van der Waals surface area contributed by atoms with Gasteiger partial charge < -0.3 is 20.1 Å². The first-order valence-electron chi connectivity index (χ1n) is 4.44. The first kappa shape index (κ1) is 12.2. The van der Waals surface area contributed by atoms with Crippen molar-refractivity contribution in [3.05, 3.63) is 0 Å². The molecule has 0 bridgehead atoms. The fraction of sp³-hybridized carbons (Fsp3) is 0.875. The first-order valence-corrected chi connectivity index (χ1v) is 4.44. The van der Waals surface area contributed by atoms with Gasteiger partial charge in [-0.2, -0.15) is 0 Å². The van der Waals surface area contributed by atoms with E-state index in [1.165, 1.54) is 0 Å². The Labute approximate surface area is 78.8 Å². The molecule has 0 aromatic heterocycles. The number of carbonyl (C=O) groups is 1. The van der Waals surface area contributed by atoms with Crippen molar-refractivity contribution in [1.29, 1.82) is 0 Å². The summed E-state index contributed by atoms with van der Waals surface area (Å²) in [6, 6.07) is 0. The summed E-state index contributed by atoms with van der Waals surface area (Å²) in [4.78, 5) is 10.7. The van der Waals surface area contributed by atoms with Crippen molar-refractivity contribution in [1.82, 2.24) is 10.6 Å². The second-order valence-corrected chi connectivity index (χ2v) is 2.38. The standard InChI is InChI=1S/C8H18N2O3/c1-3-10-8(11)13-7-6-12-5-4-9-2/h9H,3-7H2,1-2H3,(H,10,11). The third-order valence-corrected chi connectivity index (χ3v) is 1.28. The fourth-order valence-corrected chi connectivity index (χ4v) is 0.665. The van der Waals surface area contributed by atoms with Gasteiger partial charge in [-0.15, -0.1) is 0 Å². The minimum atomic E-state index is -0.389. The van der Waals surface area contributed by atoms with E-state index >= 15 is 0 Å². The van der Waals surface area contributed by atoms with Crippen LogP contribution in [-0.2, 0) is 9.47 Å². The molecule has 0 aliphatic rings. The van der Waals surface area contributed by atoms with E-state index in [2.05, 4.69) is 10.6 Å². The molecule has 0 aliphatic heterocycles. The van der Waals surface area contributed by atoms with Crippen LogP contribution in [0.15, 0.2) is 0 Å². The number of carbonyl (C=O) groups excluding carboxylic acids is 1. The molecule has 0 heterocycles. The molecule has 5 heteroatoms. The Bertz CT molecular complexity index is 131. The molecule has 5 nitrogen and oxygen atoms in total.